The average molecular weight is 397 g/mol. The molecule has 160 valence electrons. The van der Waals surface area contributed by atoms with Crippen LogP contribution in [0.5, 0.6) is 0 Å². The van der Waals surface area contributed by atoms with Crippen molar-refractivity contribution in [2.45, 2.75) is 89.9 Å². The maximum atomic E-state index is 16.0. The lowest BCUT2D eigenvalue weighted by Gasteiger charge is -2.57. The molecule has 0 aromatic heterocycles. The fraction of sp³-hybridized carbons (Fsp3) is 1.00. The Bertz CT molecular complexity index is 587. The zero-order valence-corrected chi connectivity index (χ0v) is 17.8. The van der Waals surface area contributed by atoms with Gasteiger partial charge in [0, 0.05) is 24.7 Å². The second-order valence-electron chi connectivity index (χ2n) is 10.6. The normalized spacial score (nSPS) is 46.3. The highest BCUT2D eigenvalue weighted by Crippen LogP contribution is 2.67. The molecule has 4 nitrogen and oxygen atoms in total. The van der Waals surface area contributed by atoms with Crippen LogP contribution in [0.4, 0.5) is 4.39 Å². The molecule has 5 fully saturated rings. The summed E-state index contributed by atoms with van der Waals surface area (Å²) in [5.41, 5.74) is -0.181. The Kier molecular flexibility index (Phi) is 4.67. The maximum absolute atomic E-state index is 16.0. The van der Waals surface area contributed by atoms with Gasteiger partial charge in [-0.1, -0.05) is 27.2 Å². The Morgan fingerprint density at radius 3 is 2.07 bits per heavy atom. The highest BCUT2D eigenvalue weighted by molar-refractivity contribution is 5.13. The van der Waals surface area contributed by atoms with E-state index in [2.05, 4.69) is 20.8 Å². The molecule has 5 unspecified atom stereocenters. The molecule has 0 aromatic rings. The smallest absolute Gasteiger partial charge is 0.174 e. The van der Waals surface area contributed by atoms with Crippen LogP contribution in [0.15, 0.2) is 0 Å². The van der Waals surface area contributed by atoms with Gasteiger partial charge in [-0.15, -0.1) is 0 Å². The Morgan fingerprint density at radius 1 is 0.857 bits per heavy atom. The van der Waals surface area contributed by atoms with Crippen molar-refractivity contribution in [3.05, 3.63) is 0 Å². The highest BCUT2D eigenvalue weighted by atomic mass is 19.1. The highest BCUT2D eigenvalue weighted by Gasteiger charge is 2.68. The first-order chi connectivity index (χ1) is 13.4. The zero-order chi connectivity index (χ0) is 19.6. The summed E-state index contributed by atoms with van der Waals surface area (Å²) >= 11 is 0. The lowest BCUT2D eigenvalue weighted by molar-refractivity contribution is -0.255. The first-order valence-corrected chi connectivity index (χ1v) is 11.6. The molecular weight excluding hydrogens is 359 g/mol. The molecule has 2 spiro atoms. The molecule has 0 aromatic carbocycles. The molecule has 5 heteroatoms. The van der Waals surface area contributed by atoms with Crippen molar-refractivity contribution in [3.8, 4) is 0 Å². The van der Waals surface area contributed by atoms with Gasteiger partial charge in [0.1, 0.15) is 6.17 Å². The summed E-state index contributed by atoms with van der Waals surface area (Å²) in [4.78, 5) is 0. The minimum absolute atomic E-state index is 0.0229. The molecular formula is C23H37FO4. The van der Waals surface area contributed by atoms with E-state index in [0.717, 1.165) is 44.9 Å². The Morgan fingerprint density at radius 2 is 1.46 bits per heavy atom. The molecule has 3 aliphatic carbocycles. The van der Waals surface area contributed by atoms with E-state index in [1.165, 1.54) is 0 Å². The second-order valence-corrected chi connectivity index (χ2v) is 10.6. The topological polar surface area (TPSA) is 36.9 Å². The van der Waals surface area contributed by atoms with Crippen molar-refractivity contribution >= 4 is 0 Å². The van der Waals surface area contributed by atoms with Gasteiger partial charge in [-0.25, -0.2) is 4.39 Å². The lowest BCUT2D eigenvalue weighted by Crippen LogP contribution is -2.58. The Hall–Kier alpha value is -0.230. The molecule has 3 saturated carbocycles. The number of fused-ring (bicyclic) bond motifs is 2. The fourth-order valence-corrected chi connectivity index (χ4v) is 8.02. The maximum Gasteiger partial charge on any atom is 0.174 e. The summed E-state index contributed by atoms with van der Waals surface area (Å²) in [6.07, 6.45) is 6.64. The van der Waals surface area contributed by atoms with E-state index in [9.17, 15) is 0 Å². The standard InChI is InChI=1S/C23H37FO4/c1-4-16-17-5-6-23(27-13-14-28-23)21(17,3)15-18(24)19(16)20(2)7-9-22(10-8-20)25-11-12-26-22/h16-19H,4-15H2,1-3H3. The number of hydrogen-bond donors (Lipinski definition) is 0. The van der Waals surface area contributed by atoms with Crippen LogP contribution in [0, 0.1) is 28.6 Å². The first kappa shape index (κ1) is 19.7. The van der Waals surface area contributed by atoms with Crippen LogP contribution in [-0.4, -0.2) is 44.2 Å². The van der Waals surface area contributed by atoms with Crippen molar-refractivity contribution in [3.63, 3.8) is 0 Å². The Balaban J connectivity index is 1.40. The van der Waals surface area contributed by atoms with E-state index in [4.69, 9.17) is 18.9 Å². The third-order valence-electron chi connectivity index (χ3n) is 9.46. The number of ether oxygens (including phenoxy) is 4. The molecule has 0 N–H and O–H groups in total. The van der Waals surface area contributed by atoms with Crippen LogP contribution in [0.2, 0.25) is 0 Å². The van der Waals surface area contributed by atoms with Crippen LogP contribution in [0.3, 0.4) is 0 Å². The van der Waals surface area contributed by atoms with E-state index in [1.54, 1.807) is 0 Å². The van der Waals surface area contributed by atoms with E-state index in [0.29, 0.717) is 44.7 Å². The number of hydrogen-bond acceptors (Lipinski definition) is 4. The minimum Gasteiger partial charge on any atom is -0.348 e. The molecule has 2 heterocycles. The number of alkyl halides is 1. The molecule has 28 heavy (non-hydrogen) atoms. The van der Waals surface area contributed by atoms with Gasteiger partial charge < -0.3 is 18.9 Å². The summed E-state index contributed by atoms with van der Waals surface area (Å²) in [5, 5.41) is 0. The largest absolute Gasteiger partial charge is 0.348 e. The van der Waals surface area contributed by atoms with Gasteiger partial charge in [-0.3, -0.25) is 0 Å². The summed E-state index contributed by atoms with van der Waals surface area (Å²) < 4.78 is 40.2. The van der Waals surface area contributed by atoms with Gasteiger partial charge in [0.15, 0.2) is 11.6 Å². The first-order valence-electron chi connectivity index (χ1n) is 11.6. The molecule has 0 amide bonds. The van der Waals surface area contributed by atoms with Crippen LogP contribution >= 0.6 is 0 Å². The molecule has 5 aliphatic rings. The third kappa shape index (κ3) is 2.61. The van der Waals surface area contributed by atoms with Crippen molar-refractivity contribution in [2.24, 2.45) is 28.6 Å². The van der Waals surface area contributed by atoms with Crippen molar-refractivity contribution in [2.75, 3.05) is 26.4 Å². The van der Waals surface area contributed by atoms with Crippen LogP contribution in [-0.2, 0) is 18.9 Å². The average Bonchev–Trinajstić information content (AvgIpc) is 3.39. The summed E-state index contributed by atoms with van der Waals surface area (Å²) in [7, 11) is 0. The number of halogens is 1. The summed E-state index contributed by atoms with van der Waals surface area (Å²) in [5.74, 6) is 0.0818. The summed E-state index contributed by atoms with van der Waals surface area (Å²) in [6, 6.07) is 0. The van der Waals surface area contributed by atoms with Crippen LogP contribution in [0.25, 0.3) is 0 Å². The van der Waals surface area contributed by atoms with E-state index >= 15 is 4.39 Å². The predicted octanol–water partition coefficient (Wildman–Crippen LogP) is 4.85. The SMILES string of the molecule is CCC1C(C2(C)CCC3(CC2)OCCO3)C(F)CC2(C)C1CCC21OCCO1. The monoisotopic (exact) mass is 396 g/mol. The van der Waals surface area contributed by atoms with Gasteiger partial charge in [-0.05, 0) is 48.9 Å². The summed E-state index contributed by atoms with van der Waals surface area (Å²) in [6.45, 7) is 9.55. The van der Waals surface area contributed by atoms with Crippen molar-refractivity contribution < 1.29 is 23.3 Å². The molecule has 0 bridgehead atoms. The second kappa shape index (κ2) is 6.63. The van der Waals surface area contributed by atoms with E-state index < -0.39 is 12.0 Å². The Labute approximate surface area is 168 Å². The lowest BCUT2D eigenvalue weighted by atomic mass is 9.50. The molecule has 5 atom stereocenters. The molecule has 0 radical (unpaired) electrons. The van der Waals surface area contributed by atoms with Crippen molar-refractivity contribution in [1.82, 2.24) is 0 Å². The van der Waals surface area contributed by atoms with E-state index in [-0.39, 0.29) is 22.5 Å². The van der Waals surface area contributed by atoms with Crippen molar-refractivity contribution in [1.29, 1.82) is 0 Å². The van der Waals surface area contributed by atoms with Crippen LogP contribution < -0.4 is 0 Å². The van der Waals surface area contributed by atoms with Crippen LogP contribution in [0.1, 0.15) is 72.1 Å². The number of rotatable bonds is 2. The van der Waals surface area contributed by atoms with Gasteiger partial charge in [0.2, 0.25) is 0 Å². The molecule has 2 saturated heterocycles. The predicted molar refractivity (Wildman–Crippen MR) is 103 cm³/mol. The van der Waals surface area contributed by atoms with E-state index in [1.807, 2.05) is 0 Å². The van der Waals surface area contributed by atoms with Gasteiger partial charge in [0.05, 0.1) is 26.4 Å². The van der Waals surface area contributed by atoms with Gasteiger partial charge >= 0.3 is 0 Å². The minimum atomic E-state index is -0.793. The zero-order valence-electron chi connectivity index (χ0n) is 17.8. The quantitative estimate of drug-likeness (QED) is 0.668. The van der Waals surface area contributed by atoms with Gasteiger partial charge in [-0.2, -0.15) is 0 Å². The molecule has 5 rings (SSSR count). The fourth-order valence-electron chi connectivity index (χ4n) is 8.02. The third-order valence-corrected chi connectivity index (χ3v) is 9.46. The molecule has 2 aliphatic heterocycles. The van der Waals surface area contributed by atoms with Gasteiger partial charge in [0.25, 0.3) is 0 Å².